The summed E-state index contributed by atoms with van der Waals surface area (Å²) < 4.78 is 13.0. The maximum absolute atomic E-state index is 12.9. The molecule has 5 N–H and O–H groups in total. The molecule has 1 saturated heterocycles. The summed E-state index contributed by atoms with van der Waals surface area (Å²) in [6.07, 6.45) is -1.12. The van der Waals surface area contributed by atoms with Crippen molar-refractivity contribution in [3.05, 3.63) is 48.5 Å². The van der Waals surface area contributed by atoms with Gasteiger partial charge in [-0.3, -0.25) is 9.36 Å². The molecule has 1 fully saturated rings. The molecule has 1 aliphatic rings. The van der Waals surface area contributed by atoms with E-state index in [0.717, 1.165) is 5.56 Å². The van der Waals surface area contributed by atoms with E-state index in [2.05, 4.69) is 20.3 Å². The van der Waals surface area contributed by atoms with Crippen molar-refractivity contribution in [2.24, 2.45) is 0 Å². The number of ether oxygens (including phenoxy) is 2. The van der Waals surface area contributed by atoms with Crippen LogP contribution in [-0.2, 0) is 20.7 Å². The van der Waals surface area contributed by atoms with Crippen LogP contribution in [0.15, 0.2) is 43.0 Å². The van der Waals surface area contributed by atoms with Crippen molar-refractivity contribution in [1.29, 1.82) is 0 Å². The van der Waals surface area contributed by atoms with Crippen molar-refractivity contribution >= 4 is 23.0 Å². The number of nitrogens with one attached hydrogen (secondary N) is 1. The first-order valence-corrected chi connectivity index (χ1v) is 9.82. The molecule has 4 rings (SSSR count). The third kappa shape index (κ3) is 4.08. The van der Waals surface area contributed by atoms with E-state index in [1.807, 2.05) is 30.3 Å². The SMILES string of the molecule is CNC(Cc1ccccc1)C(=O)O[C@@H]1[C@@H](O)[C@H](CO)O[C@@H]1n1cnc2c(N)ncnc21. The van der Waals surface area contributed by atoms with E-state index >= 15 is 0 Å². The van der Waals surface area contributed by atoms with Crippen molar-refractivity contribution in [2.45, 2.75) is 37.0 Å². The Morgan fingerprint density at radius 3 is 2.81 bits per heavy atom. The Morgan fingerprint density at radius 2 is 2.10 bits per heavy atom. The second-order valence-electron chi connectivity index (χ2n) is 7.25. The lowest BCUT2D eigenvalue weighted by molar-refractivity contribution is -0.160. The number of nitrogen functional groups attached to an aromatic ring is 1. The third-order valence-electron chi connectivity index (χ3n) is 5.32. The lowest BCUT2D eigenvalue weighted by Crippen LogP contribution is -2.43. The quantitative estimate of drug-likeness (QED) is 0.358. The van der Waals surface area contributed by atoms with Crippen LogP contribution >= 0.6 is 0 Å². The summed E-state index contributed by atoms with van der Waals surface area (Å²) in [6, 6.07) is 8.87. The number of aliphatic hydroxyl groups is 2. The van der Waals surface area contributed by atoms with Gasteiger partial charge >= 0.3 is 5.97 Å². The number of likely N-dealkylation sites (N-methyl/N-ethyl adjacent to an activating group) is 1. The Balaban J connectivity index is 1.59. The van der Waals surface area contributed by atoms with Gasteiger partial charge < -0.3 is 30.7 Å². The normalized spacial score (nSPS) is 24.4. The van der Waals surface area contributed by atoms with Crippen molar-refractivity contribution in [2.75, 3.05) is 19.4 Å². The number of carbonyl (C=O) groups is 1. The molecule has 3 aromatic rings. The van der Waals surface area contributed by atoms with Crippen molar-refractivity contribution < 1.29 is 24.5 Å². The van der Waals surface area contributed by atoms with E-state index in [9.17, 15) is 15.0 Å². The maximum atomic E-state index is 12.9. The molecule has 0 bridgehead atoms. The van der Waals surface area contributed by atoms with Crippen molar-refractivity contribution in [3.8, 4) is 0 Å². The van der Waals surface area contributed by atoms with Gasteiger partial charge in [-0.05, 0) is 19.0 Å². The van der Waals surface area contributed by atoms with E-state index in [-0.39, 0.29) is 5.82 Å². The molecular weight excluding hydrogens is 404 g/mol. The van der Waals surface area contributed by atoms with Crippen molar-refractivity contribution in [3.63, 3.8) is 0 Å². The van der Waals surface area contributed by atoms with Crippen LogP contribution in [0.3, 0.4) is 0 Å². The number of rotatable bonds is 7. The van der Waals surface area contributed by atoms with Gasteiger partial charge in [-0.15, -0.1) is 0 Å². The van der Waals surface area contributed by atoms with Gasteiger partial charge in [0.25, 0.3) is 0 Å². The summed E-state index contributed by atoms with van der Waals surface area (Å²) in [4.78, 5) is 25.2. The van der Waals surface area contributed by atoms with E-state index in [1.54, 1.807) is 7.05 Å². The summed E-state index contributed by atoms with van der Waals surface area (Å²) in [5.41, 5.74) is 7.52. The predicted octanol–water partition coefficient (Wildman–Crippen LogP) is -0.598. The molecule has 0 aliphatic carbocycles. The molecule has 1 aliphatic heterocycles. The second-order valence-corrected chi connectivity index (χ2v) is 7.25. The largest absolute Gasteiger partial charge is 0.453 e. The number of carbonyl (C=O) groups excluding carboxylic acids is 1. The number of benzene rings is 1. The van der Waals surface area contributed by atoms with Crippen LogP contribution in [-0.4, -0.2) is 73.7 Å². The van der Waals surface area contributed by atoms with Crippen molar-refractivity contribution in [1.82, 2.24) is 24.8 Å². The van der Waals surface area contributed by atoms with Crippen LogP contribution in [0.25, 0.3) is 11.2 Å². The van der Waals surface area contributed by atoms with Gasteiger partial charge in [0.05, 0.1) is 12.9 Å². The number of hydrogen-bond donors (Lipinski definition) is 4. The number of esters is 1. The number of aliphatic hydroxyl groups excluding tert-OH is 2. The fraction of sp³-hybridized carbons (Fsp3) is 0.400. The summed E-state index contributed by atoms with van der Waals surface area (Å²) in [6.45, 7) is -0.449. The zero-order chi connectivity index (χ0) is 22.0. The number of imidazole rings is 1. The summed E-state index contributed by atoms with van der Waals surface area (Å²) >= 11 is 0. The van der Waals surface area contributed by atoms with Crippen LogP contribution in [0.1, 0.15) is 11.8 Å². The zero-order valence-electron chi connectivity index (χ0n) is 16.8. The highest BCUT2D eigenvalue weighted by Crippen LogP contribution is 2.34. The monoisotopic (exact) mass is 428 g/mol. The average molecular weight is 428 g/mol. The Hall–Kier alpha value is -3.12. The number of anilines is 1. The highest BCUT2D eigenvalue weighted by Gasteiger charge is 2.48. The molecule has 2 aromatic heterocycles. The second kappa shape index (κ2) is 8.94. The first-order valence-electron chi connectivity index (χ1n) is 9.82. The number of fused-ring (bicyclic) bond motifs is 1. The molecule has 0 saturated carbocycles. The van der Waals surface area contributed by atoms with E-state index in [4.69, 9.17) is 15.2 Å². The molecule has 1 aromatic carbocycles. The molecule has 0 spiro atoms. The Morgan fingerprint density at radius 1 is 1.32 bits per heavy atom. The minimum Gasteiger partial charge on any atom is -0.453 e. The highest BCUT2D eigenvalue weighted by atomic mass is 16.6. The fourth-order valence-electron chi connectivity index (χ4n) is 3.65. The fourth-order valence-corrected chi connectivity index (χ4v) is 3.65. The highest BCUT2D eigenvalue weighted by molar-refractivity contribution is 5.81. The first kappa shape index (κ1) is 21.1. The molecule has 31 heavy (non-hydrogen) atoms. The number of nitrogens with two attached hydrogens (primary N) is 1. The Kier molecular flexibility index (Phi) is 6.09. The molecule has 11 nitrogen and oxygen atoms in total. The first-order chi connectivity index (χ1) is 15.0. The minimum atomic E-state index is -1.25. The molecule has 3 heterocycles. The predicted molar refractivity (Wildman–Crippen MR) is 110 cm³/mol. The Bertz CT molecular complexity index is 1040. The molecule has 164 valence electrons. The number of aromatic nitrogens is 4. The summed E-state index contributed by atoms with van der Waals surface area (Å²) in [5.74, 6) is -0.367. The van der Waals surface area contributed by atoms with E-state index < -0.39 is 43.2 Å². The van der Waals surface area contributed by atoms with Crippen LogP contribution in [0, 0.1) is 0 Å². The van der Waals surface area contributed by atoms with Gasteiger partial charge in [0.1, 0.15) is 30.1 Å². The van der Waals surface area contributed by atoms with Gasteiger partial charge in [0, 0.05) is 0 Å². The van der Waals surface area contributed by atoms with Gasteiger partial charge in [0.15, 0.2) is 23.8 Å². The zero-order valence-corrected chi connectivity index (χ0v) is 16.8. The number of hydrogen-bond acceptors (Lipinski definition) is 10. The lowest BCUT2D eigenvalue weighted by Gasteiger charge is -2.24. The molecule has 11 heteroatoms. The molecular formula is C20H24N6O5. The standard InChI is InChI=1S/C20H24N6O5/c1-22-12(7-11-5-3-2-4-6-11)20(29)31-16-15(28)13(8-27)30-19(16)26-10-25-14-17(21)23-9-24-18(14)26/h2-6,9-10,12-13,15-16,19,22,27-28H,7-8H2,1H3,(H2,21,23,24)/t12?,13-,15-,16+,19-/m0/s1. The van der Waals surface area contributed by atoms with Gasteiger partial charge in [-0.1, -0.05) is 30.3 Å². The maximum Gasteiger partial charge on any atom is 0.324 e. The third-order valence-corrected chi connectivity index (χ3v) is 5.32. The van der Waals surface area contributed by atoms with Gasteiger partial charge in [0.2, 0.25) is 0 Å². The van der Waals surface area contributed by atoms with Crippen LogP contribution in [0.4, 0.5) is 5.82 Å². The van der Waals surface area contributed by atoms with Crippen LogP contribution < -0.4 is 11.1 Å². The van der Waals surface area contributed by atoms with Crippen LogP contribution in [0.5, 0.6) is 0 Å². The molecule has 5 atom stereocenters. The smallest absolute Gasteiger partial charge is 0.324 e. The summed E-state index contributed by atoms with van der Waals surface area (Å²) in [7, 11) is 1.66. The summed E-state index contributed by atoms with van der Waals surface area (Å²) in [5, 5.41) is 23.2. The molecule has 0 amide bonds. The topological polar surface area (TPSA) is 158 Å². The van der Waals surface area contributed by atoms with Crippen LogP contribution in [0.2, 0.25) is 0 Å². The van der Waals surface area contributed by atoms with E-state index in [0.29, 0.717) is 17.6 Å². The lowest BCUT2D eigenvalue weighted by atomic mass is 10.1. The molecule has 1 unspecified atom stereocenters. The molecule has 0 radical (unpaired) electrons. The van der Waals surface area contributed by atoms with Gasteiger partial charge in [-0.25, -0.2) is 15.0 Å². The average Bonchev–Trinajstić information content (AvgIpc) is 3.35. The number of nitrogens with zero attached hydrogens (tertiary/aromatic N) is 4. The Labute approximate surface area is 177 Å². The minimum absolute atomic E-state index is 0.188. The van der Waals surface area contributed by atoms with E-state index in [1.165, 1.54) is 17.2 Å². The van der Waals surface area contributed by atoms with Gasteiger partial charge in [-0.2, -0.15) is 0 Å².